The molecule has 0 atom stereocenters. The molecule has 8 nitrogen and oxygen atoms in total. The fourth-order valence-electron chi connectivity index (χ4n) is 2.57. The van der Waals surface area contributed by atoms with Crippen molar-refractivity contribution in [3.8, 4) is 0 Å². The molecule has 0 N–H and O–H groups in total. The monoisotopic (exact) mass is 442 g/mol. The first-order valence-corrected chi connectivity index (χ1v) is 11.2. The van der Waals surface area contributed by atoms with Crippen LogP contribution in [0, 0.1) is 13.8 Å². The van der Waals surface area contributed by atoms with Gasteiger partial charge in [-0.2, -0.15) is 8.61 Å². The number of halogens is 1. The topological polar surface area (TPSA) is 109 Å². The number of aryl methyl sites for hydroxylation is 2. The maximum atomic E-state index is 12.8. The average molecular weight is 443 g/mol. The second-order valence-electron chi connectivity index (χ2n) is 6.15. The van der Waals surface area contributed by atoms with E-state index in [9.17, 15) is 26.4 Å². The molecule has 148 valence electrons. The molecule has 1 fully saturated rings. The van der Waals surface area contributed by atoms with Gasteiger partial charge in [0.15, 0.2) is 0 Å². The molecule has 11 heteroatoms. The van der Waals surface area contributed by atoms with Crippen molar-refractivity contribution in [2.24, 2.45) is 0 Å². The molecule has 0 spiro atoms. The quantitative estimate of drug-likeness (QED) is 0.404. The van der Waals surface area contributed by atoms with E-state index >= 15 is 0 Å². The summed E-state index contributed by atoms with van der Waals surface area (Å²) in [5.74, 6) is -3.09. The van der Waals surface area contributed by atoms with Crippen molar-refractivity contribution < 1.29 is 26.4 Å². The van der Waals surface area contributed by atoms with Gasteiger partial charge < -0.3 is 0 Å². The van der Waals surface area contributed by atoms with Crippen LogP contribution in [0.15, 0.2) is 58.3 Å². The van der Waals surface area contributed by atoms with Crippen molar-refractivity contribution in [1.29, 1.82) is 0 Å². The summed E-state index contributed by atoms with van der Waals surface area (Å²) in [5.41, 5.74) is -0.514. The van der Waals surface area contributed by atoms with Gasteiger partial charge in [-0.3, -0.25) is 9.59 Å². The van der Waals surface area contributed by atoms with Crippen LogP contribution in [0.1, 0.15) is 11.1 Å². The summed E-state index contributed by atoms with van der Waals surface area (Å²) >= 11 is 6.02. The Labute approximate surface area is 167 Å². The van der Waals surface area contributed by atoms with E-state index in [1.807, 2.05) is 0 Å². The molecular weight excluding hydrogens is 428 g/mol. The highest BCUT2D eigenvalue weighted by molar-refractivity contribution is 7.91. The Morgan fingerprint density at radius 1 is 0.679 bits per heavy atom. The van der Waals surface area contributed by atoms with E-state index in [1.54, 1.807) is 13.8 Å². The molecule has 1 aliphatic heterocycles. The highest BCUT2D eigenvalue weighted by Crippen LogP contribution is 2.32. The lowest BCUT2D eigenvalue weighted by atomic mass is 10.2. The Morgan fingerprint density at radius 2 is 0.964 bits per heavy atom. The summed E-state index contributed by atoms with van der Waals surface area (Å²) in [5, 5.41) is 0. The molecule has 0 saturated carbocycles. The van der Waals surface area contributed by atoms with E-state index in [-0.39, 0.29) is 18.4 Å². The summed E-state index contributed by atoms with van der Waals surface area (Å²) in [6.45, 7) is 3.47. The molecule has 0 radical (unpaired) electrons. The Kier molecular flexibility index (Phi) is 4.98. The highest BCUT2D eigenvalue weighted by Gasteiger charge is 2.55. The van der Waals surface area contributed by atoms with Gasteiger partial charge in [0.25, 0.3) is 20.0 Å². The number of benzene rings is 2. The van der Waals surface area contributed by atoms with Gasteiger partial charge in [-0.05, 0) is 38.1 Å². The van der Waals surface area contributed by atoms with Crippen LogP contribution in [0.2, 0.25) is 0 Å². The normalized spacial score (nSPS) is 16.1. The number of amides is 2. The Morgan fingerprint density at radius 3 is 1.25 bits per heavy atom. The number of rotatable bonds is 4. The van der Waals surface area contributed by atoms with Gasteiger partial charge in [0.2, 0.25) is 5.62 Å². The van der Waals surface area contributed by atoms with E-state index in [1.165, 1.54) is 48.5 Å². The van der Waals surface area contributed by atoms with Crippen molar-refractivity contribution in [3.05, 3.63) is 59.7 Å². The first kappa shape index (κ1) is 20.3. The molecule has 0 bridgehead atoms. The zero-order valence-electron chi connectivity index (χ0n) is 14.7. The fraction of sp³-hybridized carbons (Fsp3) is 0.176. The van der Waals surface area contributed by atoms with Crippen molar-refractivity contribution >= 4 is 43.5 Å². The van der Waals surface area contributed by atoms with Crippen molar-refractivity contribution in [2.75, 3.05) is 0 Å². The fourth-order valence-corrected chi connectivity index (χ4v) is 6.09. The average Bonchev–Trinajstić information content (AvgIpc) is 2.85. The zero-order chi connectivity index (χ0) is 20.9. The summed E-state index contributed by atoms with van der Waals surface area (Å²) in [4.78, 5) is 24.1. The molecule has 1 heterocycles. The molecule has 28 heavy (non-hydrogen) atoms. The van der Waals surface area contributed by atoms with E-state index < -0.39 is 37.5 Å². The Balaban J connectivity index is 2.06. The lowest BCUT2D eigenvalue weighted by molar-refractivity contribution is -0.140. The predicted molar refractivity (Wildman–Crippen MR) is 100 cm³/mol. The predicted octanol–water partition coefficient (Wildman–Crippen LogP) is 1.57. The number of hydrogen-bond donors (Lipinski definition) is 0. The smallest absolute Gasteiger partial charge is 0.262 e. The van der Waals surface area contributed by atoms with Crippen LogP contribution in [-0.2, 0) is 29.6 Å². The second-order valence-corrected chi connectivity index (χ2v) is 10.2. The van der Waals surface area contributed by atoms with Crippen LogP contribution < -0.4 is 0 Å². The van der Waals surface area contributed by atoms with E-state index in [4.69, 9.17) is 11.6 Å². The van der Waals surface area contributed by atoms with Crippen molar-refractivity contribution in [3.63, 3.8) is 0 Å². The van der Waals surface area contributed by atoms with E-state index in [2.05, 4.69) is 0 Å². The lowest BCUT2D eigenvalue weighted by Crippen LogP contribution is -2.41. The minimum absolute atomic E-state index is 0.0767. The number of hydrogen-bond acceptors (Lipinski definition) is 6. The molecule has 1 saturated heterocycles. The van der Waals surface area contributed by atoms with Crippen LogP contribution in [0.4, 0.5) is 0 Å². The van der Waals surface area contributed by atoms with E-state index in [0.717, 1.165) is 11.1 Å². The molecule has 1 aliphatic rings. The zero-order valence-corrected chi connectivity index (χ0v) is 17.1. The summed E-state index contributed by atoms with van der Waals surface area (Å²) in [6.07, 6.45) is 0. The molecule has 2 aromatic carbocycles. The van der Waals surface area contributed by atoms with Gasteiger partial charge in [0, 0.05) is 0 Å². The minimum atomic E-state index is -4.54. The van der Waals surface area contributed by atoms with Crippen LogP contribution in [-0.4, -0.2) is 42.9 Å². The third-order valence-electron chi connectivity index (χ3n) is 4.13. The Hall–Kier alpha value is -2.43. The maximum Gasteiger partial charge on any atom is 0.329 e. The maximum absolute atomic E-state index is 12.8. The first-order chi connectivity index (χ1) is 13.0. The molecule has 0 aromatic heterocycles. The van der Waals surface area contributed by atoms with Crippen LogP contribution >= 0.6 is 11.6 Å². The van der Waals surface area contributed by atoms with Crippen LogP contribution in [0.5, 0.6) is 0 Å². The van der Waals surface area contributed by atoms with Crippen molar-refractivity contribution in [2.45, 2.75) is 29.3 Å². The van der Waals surface area contributed by atoms with Gasteiger partial charge in [0.1, 0.15) is 0 Å². The van der Waals surface area contributed by atoms with Crippen LogP contribution in [0.3, 0.4) is 0 Å². The van der Waals surface area contributed by atoms with Gasteiger partial charge in [0.05, 0.1) is 9.79 Å². The van der Waals surface area contributed by atoms with Crippen LogP contribution in [0.25, 0.3) is 0 Å². The summed E-state index contributed by atoms with van der Waals surface area (Å²) < 4.78 is 51.4. The number of nitrogens with zero attached hydrogens (tertiary/aromatic N) is 2. The molecule has 3 rings (SSSR count). The van der Waals surface area contributed by atoms with Gasteiger partial charge >= 0.3 is 11.8 Å². The third kappa shape index (κ3) is 3.17. The molecule has 2 amide bonds. The number of sulfonamides is 2. The molecular formula is C17H15ClN2O6S2. The Bertz CT molecular complexity index is 1070. The van der Waals surface area contributed by atoms with E-state index in [0.29, 0.717) is 0 Å². The highest BCUT2D eigenvalue weighted by atomic mass is 35.5. The largest absolute Gasteiger partial charge is 0.329 e. The number of carbonyl (C=O) groups excluding carboxylic acids is 2. The van der Waals surface area contributed by atoms with Gasteiger partial charge in [-0.25, -0.2) is 16.8 Å². The second kappa shape index (κ2) is 6.87. The SMILES string of the molecule is Cc1ccc(S(=O)(=O)N2C(=O)C(=O)N(S(=O)(=O)c3ccc(C)cc3)C2Cl)cc1. The third-order valence-corrected chi connectivity index (χ3v) is 8.25. The lowest BCUT2D eigenvalue weighted by Gasteiger charge is -2.23. The molecule has 0 aliphatic carbocycles. The molecule has 2 aromatic rings. The number of carbonyl (C=O) groups is 2. The van der Waals surface area contributed by atoms with Gasteiger partial charge in [-0.1, -0.05) is 47.0 Å². The molecule has 0 unspecified atom stereocenters. The van der Waals surface area contributed by atoms with Gasteiger partial charge in [-0.15, -0.1) is 0 Å². The first-order valence-electron chi connectivity index (χ1n) is 7.92. The number of alkyl halides is 1. The van der Waals surface area contributed by atoms with Crippen molar-refractivity contribution in [1.82, 2.24) is 8.61 Å². The minimum Gasteiger partial charge on any atom is -0.262 e. The standard InChI is InChI=1S/C17H15ClN2O6S2/c1-11-3-7-13(8-4-11)27(23,24)19-15(21)16(22)20(17(19)18)28(25,26)14-9-5-12(2)6-10-14/h3-10,17H,1-2H3. The summed E-state index contributed by atoms with van der Waals surface area (Å²) in [6, 6.07) is 11.0. The summed E-state index contributed by atoms with van der Waals surface area (Å²) in [7, 11) is -9.09.